The van der Waals surface area contributed by atoms with Crippen LogP contribution in [-0.2, 0) is 16.2 Å². The molecule has 0 aliphatic carbocycles. The summed E-state index contributed by atoms with van der Waals surface area (Å²) in [6.07, 6.45) is 5.40. The number of hydrogen-bond donors (Lipinski definition) is 0. The van der Waals surface area contributed by atoms with Crippen LogP contribution in [0, 0.1) is 95.4 Å². The molecular weight excluding hydrogens is 694 g/mol. The zero-order valence-corrected chi connectivity index (χ0v) is 40.0. The van der Waals surface area contributed by atoms with Gasteiger partial charge < -0.3 is 4.42 Å². The standard InChI is InChI=1S/C15H24.C12H16O.C11H15B4N.C10H16S.CH4/c1-9-10(2)12(4)14(15(6,7)8)13(5)11(9)3;1-7-10-8(2)11(12(4,5)6)13-9(10)3;1-6-8(15(13)14)7(2)10(12)16-9(6)11(3,4)5;1-6(2)10-8(4)7(3)9(5)11-10;/h1-8H3;1H,2-6H3;1-5H3;6H,1-5H3;1H4. The van der Waals surface area contributed by atoms with Crippen LogP contribution >= 0.6 is 11.3 Å². The van der Waals surface area contributed by atoms with Gasteiger partial charge in [0.1, 0.15) is 19.4 Å². The summed E-state index contributed by atoms with van der Waals surface area (Å²) < 4.78 is 5.66. The highest BCUT2D eigenvalue weighted by atomic mass is 32.1. The monoisotopic (exact) mass is 770 g/mol. The van der Waals surface area contributed by atoms with E-state index in [-0.39, 0.29) is 23.7 Å². The molecule has 4 rings (SSSR count). The molecule has 4 aromatic rings. The number of pyridine rings is 1. The second-order valence-electron chi connectivity index (χ2n) is 18.8. The van der Waals surface area contributed by atoms with Crippen LogP contribution in [0.1, 0.15) is 183 Å². The van der Waals surface area contributed by atoms with E-state index in [1.165, 1.54) is 49.4 Å². The molecule has 0 saturated heterocycles. The van der Waals surface area contributed by atoms with Crippen LogP contribution in [0.3, 0.4) is 0 Å². The first-order valence-electron chi connectivity index (χ1n) is 19.7. The van der Waals surface area contributed by atoms with Crippen LogP contribution in [0.2, 0.25) is 0 Å². The number of benzene rings is 1. The van der Waals surface area contributed by atoms with Crippen LogP contribution in [0.15, 0.2) is 4.42 Å². The molecule has 0 atom stereocenters. The maximum Gasteiger partial charge on any atom is 0.142 e. The van der Waals surface area contributed by atoms with Crippen molar-refractivity contribution in [2.75, 3.05) is 0 Å². The number of hydrogen-bond acceptors (Lipinski definition) is 3. The van der Waals surface area contributed by atoms with E-state index in [2.05, 4.69) is 142 Å². The van der Waals surface area contributed by atoms with Crippen molar-refractivity contribution in [2.45, 2.75) is 189 Å². The van der Waals surface area contributed by atoms with Gasteiger partial charge in [0.15, 0.2) is 0 Å². The number of aryl methyl sites for hydroxylation is 2. The van der Waals surface area contributed by atoms with E-state index < -0.39 is 6.49 Å². The van der Waals surface area contributed by atoms with Crippen LogP contribution in [-0.4, -0.2) is 34.8 Å². The summed E-state index contributed by atoms with van der Waals surface area (Å²) in [5.41, 5.74) is 18.4. The Labute approximate surface area is 354 Å². The van der Waals surface area contributed by atoms with Gasteiger partial charge in [-0.3, -0.25) is 4.98 Å². The second kappa shape index (κ2) is 20.2. The fourth-order valence-corrected chi connectivity index (χ4v) is 8.77. The van der Waals surface area contributed by atoms with Gasteiger partial charge in [-0.05, 0) is 156 Å². The van der Waals surface area contributed by atoms with Gasteiger partial charge in [-0.15, -0.1) is 17.8 Å². The predicted molar refractivity (Wildman–Crippen MR) is 258 cm³/mol. The smallest absolute Gasteiger partial charge is 0.142 e. The summed E-state index contributed by atoms with van der Waals surface area (Å²) in [7, 11) is 17.5. The summed E-state index contributed by atoms with van der Waals surface area (Å²) >= 11 is 1.95. The van der Waals surface area contributed by atoms with Gasteiger partial charge in [0, 0.05) is 47.3 Å². The first-order valence-corrected chi connectivity index (χ1v) is 20.6. The lowest BCUT2D eigenvalue weighted by atomic mass is 9.16. The maximum absolute atomic E-state index is 5.90. The molecule has 0 aliphatic rings. The number of thiophene rings is 1. The summed E-state index contributed by atoms with van der Waals surface area (Å²) in [5, 5.41) is 0. The van der Waals surface area contributed by atoms with Gasteiger partial charge >= 0.3 is 0 Å². The van der Waals surface area contributed by atoms with Crippen LogP contribution in [0.4, 0.5) is 0 Å². The molecule has 0 amide bonds. The molecule has 0 fully saturated rings. The van der Waals surface area contributed by atoms with E-state index in [9.17, 15) is 0 Å². The highest BCUT2D eigenvalue weighted by molar-refractivity contribution is 7.35. The van der Waals surface area contributed by atoms with Gasteiger partial charge in [0.25, 0.3) is 0 Å². The third-order valence-electron chi connectivity index (χ3n) is 11.0. The van der Waals surface area contributed by atoms with Crippen LogP contribution < -0.4 is 11.1 Å². The van der Waals surface area contributed by atoms with Crippen molar-refractivity contribution in [1.29, 1.82) is 0 Å². The molecule has 3 aromatic heterocycles. The molecule has 7 heteroatoms. The molecular formula is C49H75B4NOS. The molecule has 6 radical (unpaired) electrons. The molecule has 0 unspecified atom stereocenters. The highest BCUT2D eigenvalue weighted by Gasteiger charge is 2.25. The zero-order valence-electron chi connectivity index (χ0n) is 39.2. The Bertz CT molecular complexity index is 1970. The topological polar surface area (TPSA) is 26.0 Å². The molecule has 0 bridgehead atoms. The Morgan fingerprint density at radius 2 is 1.07 bits per heavy atom. The number of terminal acetylenes is 1. The maximum atomic E-state index is 5.90. The summed E-state index contributed by atoms with van der Waals surface area (Å²) in [6, 6.07) is 0. The molecule has 3 heterocycles. The van der Waals surface area contributed by atoms with E-state index in [0.29, 0.717) is 11.5 Å². The van der Waals surface area contributed by atoms with Crippen molar-refractivity contribution >= 4 is 52.2 Å². The highest BCUT2D eigenvalue weighted by Crippen LogP contribution is 2.35. The first kappa shape index (κ1) is 53.2. The van der Waals surface area contributed by atoms with E-state index in [1.807, 2.05) is 39.0 Å². The summed E-state index contributed by atoms with van der Waals surface area (Å²) in [4.78, 5) is 7.49. The SMILES string of the molecule is C.C#Cc1c(C)oc(C(C)(C)C)c1C.Cc1c(C)c(C)c(C(C)(C)C)c(C)c1C.Cc1sc(C(C)C)c(C)c1C.[B]B([B])c1c(C)c([B])nc(C(C)(C)C)c1C. The van der Waals surface area contributed by atoms with Gasteiger partial charge in [0.2, 0.25) is 0 Å². The van der Waals surface area contributed by atoms with Gasteiger partial charge in [0.05, 0.1) is 12.1 Å². The number of aromatic nitrogens is 1. The number of nitrogens with zero attached hydrogens (tertiary/aromatic N) is 1. The van der Waals surface area contributed by atoms with Crippen LogP contribution in [0.5, 0.6) is 0 Å². The molecule has 2 nitrogen and oxygen atoms in total. The Hall–Kier alpha value is -2.83. The second-order valence-corrected chi connectivity index (χ2v) is 20.1. The Morgan fingerprint density at radius 3 is 1.34 bits per heavy atom. The Morgan fingerprint density at radius 1 is 0.625 bits per heavy atom. The molecule has 0 spiro atoms. The van der Waals surface area contributed by atoms with Crippen molar-refractivity contribution in [3.05, 3.63) is 93.7 Å². The lowest BCUT2D eigenvalue weighted by Gasteiger charge is -2.28. The van der Waals surface area contributed by atoms with Crippen molar-refractivity contribution in [2.24, 2.45) is 0 Å². The molecule has 1 aromatic carbocycles. The Balaban J connectivity index is 0.000000722. The minimum absolute atomic E-state index is 0. The van der Waals surface area contributed by atoms with Crippen molar-refractivity contribution in [3.8, 4) is 12.3 Å². The first-order chi connectivity index (χ1) is 24.7. The quantitative estimate of drug-likeness (QED) is 0.150. The Kier molecular flexibility index (Phi) is 19.2. The minimum Gasteiger partial charge on any atom is -0.464 e. The molecule has 56 heavy (non-hydrogen) atoms. The van der Waals surface area contributed by atoms with Crippen molar-refractivity contribution in [3.63, 3.8) is 0 Å². The minimum atomic E-state index is -0.508. The average Bonchev–Trinajstić information content (AvgIpc) is 3.49. The zero-order chi connectivity index (χ0) is 43.5. The van der Waals surface area contributed by atoms with Crippen molar-refractivity contribution < 1.29 is 4.42 Å². The van der Waals surface area contributed by atoms with E-state index in [1.54, 1.807) is 4.88 Å². The lowest BCUT2D eigenvalue weighted by molar-refractivity contribution is 0.393. The third-order valence-corrected chi connectivity index (χ3v) is 12.6. The number of furan rings is 1. The fraction of sp³-hybridized carbons (Fsp3) is 0.571. The molecule has 0 saturated carbocycles. The fourth-order valence-electron chi connectivity index (χ4n) is 7.59. The van der Waals surface area contributed by atoms with Gasteiger partial charge in [-0.25, -0.2) is 0 Å². The van der Waals surface area contributed by atoms with E-state index >= 15 is 0 Å². The van der Waals surface area contributed by atoms with Crippen molar-refractivity contribution in [1.82, 2.24) is 4.98 Å². The largest absolute Gasteiger partial charge is 0.464 e. The normalized spacial score (nSPS) is 11.3. The summed E-state index contributed by atoms with van der Waals surface area (Å²) in [6.45, 7) is 49.3. The molecule has 0 N–H and O–H groups in total. The lowest BCUT2D eigenvalue weighted by Crippen LogP contribution is -2.42. The number of rotatable bonds is 2. The summed E-state index contributed by atoms with van der Waals surface area (Å²) in [5.74, 6) is 5.20. The van der Waals surface area contributed by atoms with Gasteiger partial charge in [-0.1, -0.05) is 95.0 Å². The van der Waals surface area contributed by atoms with E-state index in [4.69, 9.17) is 34.2 Å². The molecule has 300 valence electrons. The van der Waals surface area contributed by atoms with Gasteiger partial charge in [-0.2, -0.15) is 0 Å². The third kappa shape index (κ3) is 12.6. The average molecular weight is 769 g/mol. The molecule has 0 aliphatic heterocycles. The van der Waals surface area contributed by atoms with E-state index in [0.717, 1.165) is 44.9 Å². The van der Waals surface area contributed by atoms with Crippen LogP contribution in [0.25, 0.3) is 0 Å². The predicted octanol–water partition coefficient (Wildman–Crippen LogP) is 12.0.